The number of carbonyl (C=O) groups excluding carboxylic acids is 1. The van der Waals surface area contributed by atoms with Gasteiger partial charge >= 0.3 is 6.09 Å². The van der Waals surface area contributed by atoms with Gasteiger partial charge < -0.3 is 10.1 Å². The van der Waals surface area contributed by atoms with Crippen molar-refractivity contribution in [3.63, 3.8) is 0 Å². The number of hydrogen-bond acceptors (Lipinski definition) is 3. The summed E-state index contributed by atoms with van der Waals surface area (Å²) in [7, 11) is 0. The van der Waals surface area contributed by atoms with E-state index in [0.29, 0.717) is 0 Å². The van der Waals surface area contributed by atoms with Crippen LogP contribution in [0.25, 0.3) is 0 Å². The second-order valence-corrected chi connectivity index (χ2v) is 4.48. The van der Waals surface area contributed by atoms with Gasteiger partial charge in [-0.15, -0.1) is 0 Å². The van der Waals surface area contributed by atoms with E-state index in [1.165, 1.54) is 11.3 Å². The first-order valence-electron chi connectivity index (χ1n) is 5.99. The highest BCUT2D eigenvalue weighted by Gasteiger charge is 2.10. The van der Waals surface area contributed by atoms with Crippen molar-refractivity contribution in [3.05, 3.63) is 23.8 Å². The Morgan fingerprint density at radius 2 is 2.29 bits per heavy atom. The summed E-state index contributed by atoms with van der Waals surface area (Å²) in [6.45, 7) is 4.68. The highest BCUT2D eigenvalue weighted by atomic mass is 16.6. The van der Waals surface area contributed by atoms with Gasteiger partial charge in [0.05, 0.1) is 6.10 Å². The Balaban J connectivity index is 2.04. The van der Waals surface area contributed by atoms with E-state index in [4.69, 9.17) is 4.74 Å². The summed E-state index contributed by atoms with van der Waals surface area (Å²) in [5.74, 6) is 0. The zero-order valence-corrected chi connectivity index (χ0v) is 10.2. The fourth-order valence-electron chi connectivity index (χ4n) is 1.91. The Kier molecular flexibility index (Phi) is 3.52. The molecule has 1 aromatic carbocycles. The third kappa shape index (κ3) is 3.12. The number of benzene rings is 1. The van der Waals surface area contributed by atoms with Gasteiger partial charge in [-0.25, -0.2) is 4.79 Å². The summed E-state index contributed by atoms with van der Waals surface area (Å²) in [5.41, 5.74) is 3.20. The lowest BCUT2D eigenvalue weighted by molar-refractivity contribution is 0.130. The van der Waals surface area contributed by atoms with E-state index >= 15 is 0 Å². The van der Waals surface area contributed by atoms with Crippen molar-refractivity contribution >= 4 is 17.5 Å². The quantitative estimate of drug-likeness (QED) is 0.827. The molecule has 17 heavy (non-hydrogen) atoms. The van der Waals surface area contributed by atoms with Crippen LogP contribution in [0.5, 0.6) is 0 Å². The molecule has 0 bridgehead atoms. The Bertz CT molecular complexity index is 416. The molecular weight excluding hydrogens is 216 g/mol. The van der Waals surface area contributed by atoms with Crippen molar-refractivity contribution in [1.82, 2.24) is 0 Å². The zero-order valence-electron chi connectivity index (χ0n) is 10.2. The number of hydrogen-bond donors (Lipinski definition) is 2. The third-order valence-electron chi connectivity index (χ3n) is 2.63. The van der Waals surface area contributed by atoms with E-state index < -0.39 is 6.09 Å². The van der Waals surface area contributed by atoms with Crippen LogP contribution in [0.2, 0.25) is 0 Å². The third-order valence-corrected chi connectivity index (χ3v) is 2.63. The first-order valence-corrected chi connectivity index (χ1v) is 5.99. The van der Waals surface area contributed by atoms with E-state index in [1.54, 1.807) is 0 Å². The highest BCUT2D eigenvalue weighted by Crippen LogP contribution is 2.25. The lowest BCUT2D eigenvalue weighted by Gasteiger charge is -2.19. The van der Waals surface area contributed by atoms with Crippen molar-refractivity contribution in [2.24, 2.45) is 0 Å². The summed E-state index contributed by atoms with van der Waals surface area (Å²) in [5, 5.41) is 6.07. The average molecular weight is 234 g/mol. The number of fused-ring (bicyclic) bond motifs is 1. The molecule has 1 aromatic rings. The van der Waals surface area contributed by atoms with Gasteiger partial charge in [0.1, 0.15) is 0 Å². The van der Waals surface area contributed by atoms with Crippen molar-refractivity contribution in [3.8, 4) is 0 Å². The number of carbonyl (C=O) groups is 1. The summed E-state index contributed by atoms with van der Waals surface area (Å²) in [6, 6.07) is 5.89. The number of aryl methyl sites for hydroxylation is 1. The molecule has 1 aliphatic heterocycles. The van der Waals surface area contributed by atoms with Gasteiger partial charge in [0.15, 0.2) is 0 Å². The van der Waals surface area contributed by atoms with E-state index in [-0.39, 0.29) is 6.10 Å². The molecule has 0 spiro atoms. The first-order chi connectivity index (χ1) is 8.15. The molecule has 92 valence electrons. The van der Waals surface area contributed by atoms with Crippen molar-refractivity contribution < 1.29 is 9.53 Å². The Hall–Kier alpha value is -1.71. The van der Waals surface area contributed by atoms with Gasteiger partial charge in [-0.1, -0.05) is 0 Å². The van der Waals surface area contributed by atoms with Crippen LogP contribution in [0.3, 0.4) is 0 Å². The molecule has 0 fully saturated rings. The second kappa shape index (κ2) is 5.08. The van der Waals surface area contributed by atoms with Crippen LogP contribution in [0.1, 0.15) is 25.8 Å². The molecule has 0 unspecified atom stereocenters. The smallest absolute Gasteiger partial charge is 0.411 e. The molecule has 2 rings (SSSR count). The van der Waals surface area contributed by atoms with Gasteiger partial charge in [-0.2, -0.15) is 0 Å². The number of anilines is 2. The molecule has 0 atom stereocenters. The fraction of sp³-hybridized carbons (Fsp3) is 0.462. The minimum atomic E-state index is -0.399. The monoisotopic (exact) mass is 234 g/mol. The number of amides is 1. The van der Waals surface area contributed by atoms with Gasteiger partial charge in [0, 0.05) is 17.9 Å². The molecule has 0 saturated carbocycles. The van der Waals surface area contributed by atoms with Crippen molar-refractivity contribution in [2.75, 3.05) is 17.2 Å². The maximum absolute atomic E-state index is 11.4. The van der Waals surface area contributed by atoms with Gasteiger partial charge in [0.2, 0.25) is 0 Å². The van der Waals surface area contributed by atoms with E-state index in [1.807, 2.05) is 32.0 Å². The SMILES string of the molecule is CC(C)OC(=O)Nc1ccc2c(c1)CCCN2. The molecule has 1 aliphatic rings. The molecular formula is C13H18N2O2. The predicted octanol–water partition coefficient (Wildman–Crippen LogP) is 3.00. The Morgan fingerprint density at radius 1 is 1.47 bits per heavy atom. The Labute approximate surface area is 101 Å². The summed E-state index contributed by atoms with van der Waals surface area (Å²) < 4.78 is 5.03. The van der Waals surface area contributed by atoms with E-state index in [2.05, 4.69) is 10.6 Å². The van der Waals surface area contributed by atoms with Crippen LogP contribution >= 0.6 is 0 Å². The van der Waals surface area contributed by atoms with Crippen LogP contribution in [0.15, 0.2) is 18.2 Å². The molecule has 1 heterocycles. The van der Waals surface area contributed by atoms with Gasteiger partial charge in [0.25, 0.3) is 0 Å². The van der Waals surface area contributed by atoms with Crippen molar-refractivity contribution in [2.45, 2.75) is 32.8 Å². The van der Waals surface area contributed by atoms with Crippen LogP contribution in [0.4, 0.5) is 16.2 Å². The summed E-state index contributed by atoms with van der Waals surface area (Å²) in [4.78, 5) is 11.4. The molecule has 0 aliphatic carbocycles. The van der Waals surface area contributed by atoms with Crippen molar-refractivity contribution in [1.29, 1.82) is 0 Å². The summed E-state index contributed by atoms with van der Waals surface area (Å²) >= 11 is 0. The van der Waals surface area contributed by atoms with Gasteiger partial charge in [-0.05, 0) is 50.5 Å². The lowest BCUT2D eigenvalue weighted by Crippen LogP contribution is -2.18. The summed E-state index contributed by atoms with van der Waals surface area (Å²) in [6.07, 6.45) is 1.68. The standard InChI is InChI=1S/C13H18N2O2/c1-9(2)17-13(16)15-11-5-6-12-10(8-11)4-3-7-14-12/h5-6,8-9,14H,3-4,7H2,1-2H3,(H,15,16). The molecule has 0 radical (unpaired) electrons. The molecule has 2 N–H and O–H groups in total. The topological polar surface area (TPSA) is 50.4 Å². The lowest BCUT2D eigenvalue weighted by atomic mass is 10.0. The van der Waals surface area contributed by atoms with Gasteiger partial charge in [-0.3, -0.25) is 5.32 Å². The normalized spacial score (nSPS) is 13.8. The minimum absolute atomic E-state index is 0.103. The average Bonchev–Trinajstić information content (AvgIpc) is 2.27. The zero-order chi connectivity index (χ0) is 12.3. The maximum atomic E-state index is 11.4. The van der Waals surface area contributed by atoms with E-state index in [0.717, 1.165) is 25.1 Å². The second-order valence-electron chi connectivity index (χ2n) is 4.48. The molecule has 0 saturated heterocycles. The van der Waals surface area contributed by atoms with Crippen LogP contribution in [0, 0.1) is 0 Å². The number of rotatable bonds is 2. The molecule has 0 aromatic heterocycles. The largest absolute Gasteiger partial charge is 0.447 e. The number of nitrogens with one attached hydrogen (secondary N) is 2. The molecule has 4 heteroatoms. The molecule has 4 nitrogen and oxygen atoms in total. The molecule has 1 amide bonds. The van der Waals surface area contributed by atoms with Crippen LogP contribution in [-0.2, 0) is 11.2 Å². The minimum Gasteiger partial charge on any atom is -0.447 e. The predicted molar refractivity (Wildman–Crippen MR) is 68.5 cm³/mol. The number of ether oxygens (including phenoxy) is 1. The van der Waals surface area contributed by atoms with Crippen LogP contribution < -0.4 is 10.6 Å². The van der Waals surface area contributed by atoms with Crippen LogP contribution in [-0.4, -0.2) is 18.7 Å². The highest BCUT2D eigenvalue weighted by molar-refractivity contribution is 5.85. The first kappa shape index (κ1) is 11.8. The Morgan fingerprint density at radius 3 is 3.06 bits per heavy atom. The van der Waals surface area contributed by atoms with E-state index in [9.17, 15) is 4.79 Å². The fourth-order valence-corrected chi connectivity index (χ4v) is 1.91. The maximum Gasteiger partial charge on any atom is 0.411 e.